The number of nitrogens with zero attached hydrogens (tertiary/aromatic N) is 2. The third-order valence-corrected chi connectivity index (χ3v) is 8.11. The molecule has 1 N–H and O–H groups in total. The second kappa shape index (κ2) is 11.4. The van der Waals surface area contributed by atoms with Crippen LogP contribution in [0.15, 0.2) is 83.8 Å². The third kappa shape index (κ3) is 5.76. The summed E-state index contributed by atoms with van der Waals surface area (Å²) in [6.45, 7) is 2.97. The van der Waals surface area contributed by atoms with Crippen molar-refractivity contribution in [2.45, 2.75) is 37.5 Å². The number of likely N-dealkylation sites (tertiary alicyclic amines) is 1. The molecule has 188 valence electrons. The molecule has 4 rings (SSSR count). The number of carbonyl (C=O) groups is 2. The molecule has 1 saturated heterocycles. The number of hydrogen-bond acceptors (Lipinski definition) is 4. The van der Waals surface area contributed by atoms with E-state index in [1.807, 2.05) is 19.1 Å². The van der Waals surface area contributed by atoms with Crippen LogP contribution < -0.4 is 9.62 Å². The maximum Gasteiger partial charge on any atom is 0.264 e. The van der Waals surface area contributed by atoms with Crippen LogP contribution in [-0.4, -0.2) is 44.8 Å². The number of rotatable bonds is 8. The highest BCUT2D eigenvalue weighted by Crippen LogP contribution is 2.25. The number of nitrogens with one attached hydrogen (secondary N) is 1. The Hall–Kier alpha value is -3.65. The molecule has 0 spiro atoms. The number of amides is 2. The van der Waals surface area contributed by atoms with Gasteiger partial charge < -0.3 is 10.2 Å². The lowest BCUT2D eigenvalue weighted by Crippen LogP contribution is -2.39. The Morgan fingerprint density at radius 1 is 0.861 bits per heavy atom. The Labute approximate surface area is 212 Å². The van der Waals surface area contributed by atoms with Crippen LogP contribution in [0.25, 0.3) is 0 Å². The minimum Gasteiger partial charge on any atom is -0.339 e. The van der Waals surface area contributed by atoms with Crippen molar-refractivity contribution >= 4 is 33.2 Å². The van der Waals surface area contributed by atoms with Gasteiger partial charge >= 0.3 is 0 Å². The molecule has 0 aromatic heterocycles. The standard InChI is InChI=1S/C28H31N3O4S/c1-2-22-15-17-23(18-16-22)31(36(34,35)24-11-5-3-6-12-24)21-27(32)29-26-14-8-7-13-25(26)28(33)30-19-9-4-10-20-30/h3,5-8,11-18H,2,4,9-10,19-21H2,1H3,(H,29,32). The number of hydrogen-bond donors (Lipinski definition) is 1. The lowest BCUT2D eigenvalue weighted by molar-refractivity contribution is -0.114. The smallest absolute Gasteiger partial charge is 0.264 e. The van der Waals surface area contributed by atoms with Crippen LogP contribution >= 0.6 is 0 Å². The van der Waals surface area contributed by atoms with Gasteiger partial charge in [-0.05, 0) is 67.6 Å². The molecule has 0 bridgehead atoms. The van der Waals surface area contributed by atoms with E-state index in [1.54, 1.807) is 59.5 Å². The molecule has 0 atom stereocenters. The minimum absolute atomic E-state index is 0.0954. The van der Waals surface area contributed by atoms with Crippen molar-refractivity contribution in [1.82, 2.24) is 4.90 Å². The molecule has 1 heterocycles. The molecule has 3 aromatic rings. The van der Waals surface area contributed by atoms with Gasteiger partial charge in [0.25, 0.3) is 15.9 Å². The van der Waals surface area contributed by atoms with Gasteiger partial charge in [0.15, 0.2) is 0 Å². The molecule has 1 fully saturated rings. The first-order valence-electron chi connectivity index (χ1n) is 12.2. The Morgan fingerprint density at radius 2 is 1.50 bits per heavy atom. The van der Waals surface area contributed by atoms with Crippen molar-refractivity contribution in [3.8, 4) is 0 Å². The summed E-state index contributed by atoms with van der Waals surface area (Å²) < 4.78 is 28.2. The topological polar surface area (TPSA) is 86.8 Å². The summed E-state index contributed by atoms with van der Waals surface area (Å²) in [7, 11) is -4.01. The fourth-order valence-electron chi connectivity index (χ4n) is 4.30. The van der Waals surface area contributed by atoms with E-state index in [0.717, 1.165) is 35.6 Å². The van der Waals surface area contributed by atoms with Gasteiger partial charge in [-0.25, -0.2) is 8.42 Å². The van der Waals surface area contributed by atoms with Crippen molar-refractivity contribution < 1.29 is 18.0 Å². The van der Waals surface area contributed by atoms with E-state index in [2.05, 4.69) is 5.32 Å². The predicted octanol–water partition coefficient (Wildman–Crippen LogP) is 4.71. The molecule has 1 aliphatic rings. The van der Waals surface area contributed by atoms with E-state index in [0.29, 0.717) is 30.0 Å². The molecule has 1 aliphatic heterocycles. The highest BCUT2D eigenvalue weighted by Gasteiger charge is 2.28. The molecule has 36 heavy (non-hydrogen) atoms. The summed E-state index contributed by atoms with van der Waals surface area (Å²) in [6.07, 6.45) is 3.84. The molecule has 0 radical (unpaired) electrons. The lowest BCUT2D eigenvalue weighted by Gasteiger charge is -2.28. The summed E-state index contributed by atoms with van der Waals surface area (Å²) in [4.78, 5) is 28.2. The van der Waals surface area contributed by atoms with Gasteiger partial charge in [-0.15, -0.1) is 0 Å². The molecule has 0 saturated carbocycles. The molecular formula is C28H31N3O4S. The number of para-hydroxylation sites is 1. The van der Waals surface area contributed by atoms with Crippen molar-refractivity contribution in [2.24, 2.45) is 0 Å². The Kier molecular flexibility index (Phi) is 8.05. The predicted molar refractivity (Wildman–Crippen MR) is 142 cm³/mol. The van der Waals surface area contributed by atoms with E-state index < -0.39 is 22.5 Å². The second-order valence-corrected chi connectivity index (χ2v) is 10.7. The lowest BCUT2D eigenvalue weighted by atomic mass is 10.1. The zero-order valence-electron chi connectivity index (χ0n) is 20.4. The van der Waals surface area contributed by atoms with Crippen LogP contribution in [0.1, 0.15) is 42.1 Å². The molecular weight excluding hydrogens is 474 g/mol. The first kappa shape index (κ1) is 25.4. The van der Waals surface area contributed by atoms with E-state index in [1.165, 1.54) is 12.1 Å². The van der Waals surface area contributed by atoms with Gasteiger partial charge in [0, 0.05) is 13.1 Å². The largest absolute Gasteiger partial charge is 0.339 e. The summed E-state index contributed by atoms with van der Waals surface area (Å²) in [5.74, 6) is -0.664. The van der Waals surface area contributed by atoms with Gasteiger partial charge in [-0.1, -0.05) is 49.4 Å². The number of carbonyl (C=O) groups excluding carboxylic acids is 2. The maximum absolute atomic E-state index is 13.5. The number of sulfonamides is 1. The molecule has 8 heteroatoms. The zero-order chi connectivity index (χ0) is 25.5. The van der Waals surface area contributed by atoms with Crippen molar-refractivity contribution in [3.63, 3.8) is 0 Å². The van der Waals surface area contributed by atoms with E-state index in [-0.39, 0.29) is 10.8 Å². The highest BCUT2D eigenvalue weighted by atomic mass is 32.2. The summed E-state index contributed by atoms with van der Waals surface area (Å²) in [5, 5.41) is 2.78. The van der Waals surface area contributed by atoms with Gasteiger partial charge in [-0.3, -0.25) is 13.9 Å². The molecule has 7 nitrogen and oxygen atoms in total. The fraction of sp³-hybridized carbons (Fsp3) is 0.286. The summed E-state index contributed by atoms with van der Waals surface area (Å²) in [5.41, 5.74) is 2.23. The van der Waals surface area contributed by atoms with Crippen LogP contribution in [0.2, 0.25) is 0 Å². The first-order valence-corrected chi connectivity index (χ1v) is 13.7. The van der Waals surface area contributed by atoms with Gasteiger partial charge in [0.05, 0.1) is 21.8 Å². The zero-order valence-corrected chi connectivity index (χ0v) is 21.2. The van der Waals surface area contributed by atoms with Crippen LogP contribution in [0.5, 0.6) is 0 Å². The van der Waals surface area contributed by atoms with E-state index in [9.17, 15) is 18.0 Å². The monoisotopic (exact) mass is 505 g/mol. The van der Waals surface area contributed by atoms with Crippen molar-refractivity contribution in [2.75, 3.05) is 29.3 Å². The van der Waals surface area contributed by atoms with E-state index >= 15 is 0 Å². The average Bonchev–Trinajstić information content (AvgIpc) is 2.92. The molecule has 2 amide bonds. The van der Waals surface area contributed by atoms with Crippen molar-refractivity contribution in [3.05, 3.63) is 90.0 Å². The maximum atomic E-state index is 13.5. The molecule has 0 unspecified atom stereocenters. The Balaban J connectivity index is 1.60. The van der Waals surface area contributed by atoms with Crippen LogP contribution in [-0.2, 0) is 21.2 Å². The highest BCUT2D eigenvalue weighted by molar-refractivity contribution is 7.92. The summed E-state index contributed by atoms with van der Waals surface area (Å²) in [6, 6.07) is 22.0. The van der Waals surface area contributed by atoms with Gasteiger partial charge in [0.1, 0.15) is 6.54 Å². The molecule has 0 aliphatic carbocycles. The second-order valence-electron chi connectivity index (χ2n) is 8.79. The quantitative estimate of drug-likeness (QED) is 0.480. The first-order chi connectivity index (χ1) is 17.4. The Bertz CT molecular complexity index is 1300. The molecule has 3 aromatic carbocycles. The normalized spacial score (nSPS) is 13.8. The van der Waals surface area contributed by atoms with E-state index in [4.69, 9.17) is 0 Å². The van der Waals surface area contributed by atoms with Gasteiger partial charge in [-0.2, -0.15) is 0 Å². The summed E-state index contributed by atoms with van der Waals surface area (Å²) >= 11 is 0. The van der Waals surface area contributed by atoms with Crippen LogP contribution in [0.3, 0.4) is 0 Å². The number of piperidine rings is 1. The number of aryl methyl sites for hydroxylation is 1. The van der Waals surface area contributed by atoms with Crippen LogP contribution in [0, 0.1) is 0 Å². The number of anilines is 2. The third-order valence-electron chi connectivity index (χ3n) is 6.33. The van der Waals surface area contributed by atoms with Crippen LogP contribution in [0.4, 0.5) is 11.4 Å². The SMILES string of the molecule is CCc1ccc(N(CC(=O)Nc2ccccc2C(=O)N2CCCCC2)S(=O)(=O)c2ccccc2)cc1. The average molecular weight is 506 g/mol. The number of benzene rings is 3. The van der Waals surface area contributed by atoms with Crippen molar-refractivity contribution in [1.29, 1.82) is 0 Å². The van der Waals surface area contributed by atoms with Gasteiger partial charge in [0.2, 0.25) is 5.91 Å². The minimum atomic E-state index is -4.01. The Morgan fingerprint density at radius 3 is 2.17 bits per heavy atom. The fourth-order valence-corrected chi connectivity index (χ4v) is 5.74.